The van der Waals surface area contributed by atoms with E-state index in [1.807, 2.05) is 44.2 Å². The lowest BCUT2D eigenvalue weighted by atomic mass is 9.77. The van der Waals surface area contributed by atoms with Crippen LogP contribution in [-0.4, -0.2) is 41.7 Å². The molecular formula is C31H35BN2O7. The lowest BCUT2D eigenvalue weighted by Gasteiger charge is -2.19. The Balaban J connectivity index is 1.66. The van der Waals surface area contributed by atoms with Crippen LogP contribution in [0.1, 0.15) is 47.2 Å². The number of amides is 2. The number of benzene rings is 3. The number of carbonyl (C=O) groups is 3. The first-order valence-corrected chi connectivity index (χ1v) is 13.3. The fraction of sp³-hybridized carbons (Fsp3) is 0.258. The maximum absolute atomic E-state index is 12.6. The normalized spacial score (nSPS) is 11.5. The Bertz CT molecular complexity index is 1350. The Morgan fingerprint density at radius 3 is 2.32 bits per heavy atom. The summed E-state index contributed by atoms with van der Waals surface area (Å²) in [6.45, 7) is 5.75. The quantitative estimate of drug-likeness (QED) is 0.152. The fourth-order valence-electron chi connectivity index (χ4n) is 4.34. The first-order valence-electron chi connectivity index (χ1n) is 13.3. The van der Waals surface area contributed by atoms with E-state index in [0.29, 0.717) is 23.1 Å². The third-order valence-electron chi connectivity index (χ3n) is 6.35. The highest BCUT2D eigenvalue weighted by Crippen LogP contribution is 2.22. The smallest absolute Gasteiger partial charge is 0.466 e. The van der Waals surface area contributed by atoms with Crippen LogP contribution in [0.2, 0.25) is 0 Å². The SMILES string of the molecule is CCOC(=O)C[C@@H](NC(=O)OCc1ccccc1)c1cccc(NC(=O)C=CCc2c(C)cc(B(O)O)cc2C)c1. The molecule has 0 saturated carbocycles. The summed E-state index contributed by atoms with van der Waals surface area (Å²) in [6, 6.07) is 18.8. The maximum Gasteiger partial charge on any atom is 0.488 e. The second-order valence-corrected chi connectivity index (χ2v) is 9.50. The number of aryl methyl sites for hydroxylation is 2. The first-order chi connectivity index (χ1) is 19.7. The van der Waals surface area contributed by atoms with Gasteiger partial charge in [0.1, 0.15) is 6.61 Å². The van der Waals surface area contributed by atoms with Gasteiger partial charge in [-0.1, -0.05) is 60.7 Å². The Morgan fingerprint density at radius 1 is 0.951 bits per heavy atom. The van der Waals surface area contributed by atoms with Crippen molar-refractivity contribution in [1.82, 2.24) is 5.32 Å². The highest BCUT2D eigenvalue weighted by Gasteiger charge is 2.21. The van der Waals surface area contributed by atoms with Crippen LogP contribution in [0.4, 0.5) is 10.5 Å². The van der Waals surface area contributed by atoms with Gasteiger partial charge >= 0.3 is 19.2 Å². The van der Waals surface area contributed by atoms with Crippen LogP contribution in [0.25, 0.3) is 0 Å². The van der Waals surface area contributed by atoms with Gasteiger partial charge in [0.15, 0.2) is 0 Å². The molecule has 9 nitrogen and oxygen atoms in total. The minimum atomic E-state index is -1.54. The highest BCUT2D eigenvalue weighted by atomic mass is 16.5. The van der Waals surface area contributed by atoms with E-state index < -0.39 is 25.2 Å². The molecule has 0 aliphatic heterocycles. The number of hydrogen-bond donors (Lipinski definition) is 4. The predicted octanol–water partition coefficient (Wildman–Crippen LogP) is 3.64. The number of alkyl carbamates (subject to hydrolysis) is 1. The molecule has 3 rings (SSSR count). The van der Waals surface area contributed by atoms with Crippen LogP contribution in [0.5, 0.6) is 0 Å². The summed E-state index contributed by atoms with van der Waals surface area (Å²) in [4.78, 5) is 37.4. The molecule has 3 aromatic carbocycles. The van der Waals surface area contributed by atoms with Gasteiger partial charge in [0, 0.05) is 5.69 Å². The second-order valence-electron chi connectivity index (χ2n) is 9.50. The van der Waals surface area contributed by atoms with Gasteiger partial charge in [-0.2, -0.15) is 0 Å². The van der Waals surface area contributed by atoms with E-state index in [1.165, 1.54) is 6.08 Å². The standard InChI is InChI=1S/C31H35BN2O7/c1-4-40-30(36)19-28(34-31(37)41-20-23-10-6-5-7-11-23)24-12-8-13-26(18-24)33-29(35)15-9-14-27-21(2)16-25(32(38)39)17-22(27)3/h5-13,15-18,28,38-39H,4,14,19-20H2,1-3H3,(H,33,35)(H,34,37)/t28-/m1/s1. The monoisotopic (exact) mass is 558 g/mol. The molecule has 0 fully saturated rings. The van der Waals surface area contributed by atoms with Crippen molar-refractivity contribution < 1.29 is 33.9 Å². The summed E-state index contributed by atoms with van der Waals surface area (Å²) < 4.78 is 10.4. The van der Waals surface area contributed by atoms with Crippen LogP contribution in [0.15, 0.2) is 78.9 Å². The zero-order chi connectivity index (χ0) is 29.8. The Hall–Kier alpha value is -4.41. The number of esters is 1. The van der Waals surface area contributed by atoms with E-state index in [-0.39, 0.29) is 25.5 Å². The number of allylic oxidation sites excluding steroid dienone is 1. The van der Waals surface area contributed by atoms with Gasteiger partial charge in [-0.25, -0.2) is 4.79 Å². The Morgan fingerprint density at radius 2 is 1.66 bits per heavy atom. The molecule has 41 heavy (non-hydrogen) atoms. The Kier molecular flexibility index (Phi) is 11.7. The van der Waals surface area contributed by atoms with E-state index in [1.54, 1.807) is 49.4 Å². The van der Waals surface area contributed by atoms with Crippen molar-refractivity contribution in [2.24, 2.45) is 0 Å². The number of nitrogens with one attached hydrogen (secondary N) is 2. The average molecular weight is 558 g/mol. The number of ether oxygens (including phenoxy) is 2. The summed E-state index contributed by atoms with van der Waals surface area (Å²) in [5.74, 6) is -0.831. The number of carbonyl (C=O) groups excluding carboxylic acids is 3. The van der Waals surface area contributed by atoms with Crippen LogP contribution >= 0.6 is 0 Å². The van der Waals surface area contributed by atoms with Gasteiger partial charge in [0.2, 0.25) is 5.91 Å². The minimum Gasteiger partial charge on any atom is -0.466 e. The molecule has 1 atom stereocenters. The molecule has 214 valence electrons. The van der Waals surface area contributed by atoms with E-state index in [9.17, 15) is 24.4 Å². The van der Waals surface area contributed by atoms with Gasteiger partial charge in [0.25, 0.3) is 0 Å². The van der Waals surface area contributed by atoms with Crippen molar-refractivity contribution in [2.75, 3.05) is 11.9 Å². The first kappa shape index (κ1) is 31.1. The molecule has 2 amide bonds. The summed E-state index contributed by atoms with van der Waals surface area (Å²) >= 11 is 0. The average Bonchev–Trinajstić information content (AvgIpc) is 2.93. The van der Waals surface area contributed by atoms with Crippen molar-refractivity contribution in [3.63, 3.8) is 0 Å². The largest absolute Gasteiger partial charge is 0.488 e. The summed E-state index contributed by atoms with van der Waals surface area (Å²) in [5, 5.41) is 24.4. The van der Waals surface area contributed by atoms with E-state index in [4.69, 9.17) is 9.47 Å². The van der Waals surface area contributed by atoms with Gasteiger partial charge in [0.05, 0.1) is 19.1 Å². The molecule has 0 spiro atoms. The van der Waals surface area contributed by atoms with Gasteiger partial charge in [-0.05, 0) is 78.7 Å². The second kappa shape index (κ2) is 15.4. The van der Waals surface area contributed by atoms with Crippen molar-refractivity contribution in [3.8, 4) is 0 Å². The van der Waals surface area contributed by atoms with Crippen LogP contribution in [-0.2, 0) is 32.1 Å². The van der Waals surface area contributed by atoms with Crippen molar-refractivity contribution >= 4 is 36.2 Å². The molecule has 0 bridgehead atoms. The summed E-state index contributed by atoms with van der Waals surface area (Å²) in [7, 11) is -1.54. The van der Waals surface area contributed by atoms with Gasteiger partial charge in [-0.3, -0.25) is 9.59 Å². The van der Waals surface area contributed by atoms with E-state index >= 15 is 0 Å². The highest BCUT2D eigenvalue weighted by molar-refractivity contribution is 6.58. The fourth-order valence-corrected chi connectivity index (χ4v) is 4.34. The third kappa shape index (κ3) is 9.93. The summed E-state index contributed by atoms with van der Waals surface area (Å²) in [5.41, 5.74) is 5.11. The van der Waals surface area contributed by atoms with Gasteiger partial charge in [-0.15, -0.1) is 0 Å². The minimum absolute atomic E-state index is 0.0772. The molecule has 0 saturated heterocycles. The molecular weight excluding hydrogens is 523 g/mol. The molecule has 0 unspecified atom stereocenters. The van der Waals surface area contributed by atoms with Crippen LogP contribution in [0, 0.1) is 13.8 Å². The lowest BCUT2D eigenvalue weighted by molar-refractivity contribution is -0.143. The van der Waals surface area contributed by atoms with Gasteiger partial charge < -0.3 is 30.2 Å². The molecule has 0 aliphatic rings. The van der Waals surface area contributed by atoms with E-state index in [0.717, 1.165) is 22.3 Å². The molecule has 3 aromatic rings. The maximum atomic E-state index is 12.6. The Labute approximate surface area is 240 Å². The molecule has 10 heteroatoms. The molecule has 0 radical (unpaired) electrons. The predicted molar refractivity (Wildman–Crippen MR) is 157 cm³/mol. The molecule has 0 heterocycles. The lowest BCUT2D eigenvalue weighted by Crippen LogP contribution is -2.31. The summed E-state index contributed by atoms with van der Waals surface area (Å²) in [6.07, 6.45) is 2.85. The number of rotatable bonds is 12. The zero-order valence-corrected chi connectivity index (χ0v) is 23.4. The van der Waals surface area contributed by atoms with Crippen molar-refractivity contribution in [1.29, 1.82) is 0 Å². The number of anilines is 1. The van der Waals surface area contributed by atoms with Crippen molar-refractivity contribution in [2.45, 2.75) is 46.3 Å². The van der Waals surface area contributed by atoms with Crippen LogP contribution in [0.3, 0.4) is 0 Å². The zero-order valence-electron chi connectivity index (χ0n) is 23.4. The molecule has 0 aromatic heterocycles. The molecule has 0 aliphatic carbocycles. The topological polar surface area (TPSA) is 134 Å². The van der Waals surface area contributed by atoms with Crippen molar-refractivity contribution in [3.05, 3.63) is 107 Å². The van der Waals surface area contributed by atoms with E-state index in [2.05, 4.69) is 10.6 Å². The molecule has 4 N–H and O–H groups in total. The number of hydrogen-bond acceptors (Lipinski definition) is 7. The van der Waals surface area contributed by atoms with Crippen LogP contribution < -0.4 is 16.1 Å². The third-order valence-corrected chi connectivity index (χ3v) is 6.35.